The minimum absolute atomic E-state index is 0.0245. The van der Waals surface area contributed by atoms with Crippen molar-refractivity contribution in [1.82, 2.24) is 4.31 Å². The van der Waals surface area contributed by atoms with Crippen molar-refractivity contribution in [3.8, 4) is 0 Å². The second kappa shape index (κ2) is 6.18. The maximum Gasteiger partial charge on any atom is 0.371 e. The van der Waals surface area contributed by atoms with E-state index in [1.54, 1.807) is 0 Å². The number of rotatable bonds is 7. The number of aryl methyl sites for hydroxylation is 1. The van der Waals surface area contributed by atoms with Gasteiger partial charge >= 0.3 is 5.97 Å². The van der Waals surface area contributed by atoms with Gasteiger partial charge < -0.3 is 14.6 Å². The van der Waals surface area contributed by atoms with Gasteiger partial charge in [0.2, 0.25) is 15.8 Å². The molecule has 8 heteroatoms. The molecular formula is C11H17NO6S. The first-order valence-corrected chi connectivity index (χ1v) is 7.23. The van der Waals surface area contributed by atoms with E-state index in [1.165, 1.54) is 6.92 Å². The summed E-state index contributed by atoms with van der Waals surface area (Å²) in [5.74, 6) is -1.72. The molecule has 1 heterocycles. The summed E-state index contributed by atoms with van der Waals surface area (Å²) in [4.78, 5) is 10.6. The van der Waals surface area contributed by atoms with E-state index in [9.17, 15) is 13.2 Å². The maximum absolute atomic E-state index is 12.3. The third-order valence-corrected chi connectivity index (χ3v) is 4.53. The van der Waals surface area contributed by atoms with Gasteiger partial charge in [0, 0.05) is 19.2 Å². The minimum Gasteiger partial charge on any atom is -0.475 e. The molecule has 0 spiro atoms. The summed E-state index contributed by atoms with van der Waals surface area (Å²) in [6.07, 6.45) is 0.585. The Kier molecular flexibility index (Phi) is 5.10. The van der Waals surface area contributed by atoms with Crippen LogP contribution in [0.1, 0.15) is 29.7 Å². The van der Waals surface area contributed by atoms with Gasteiger partial charge in [0.1, 0.15) is 10.7 Å². The van der Waals surface area contributed by atoms with Gasteiger partial charge in [-0.15, -0.1) is 0 Å². The van der Waals surface area contributed by atoms with Crippen LogP contribution < -0.4 is 0 Å². The summed E-state index contributed by atoms with van der Waals surface area (Å²) in [5, 5.41) is 17.7. The summed E-state index contributed by atoms with van der Waals surface area (Å²) in [6.45, 7) is 3.11. The smallest absolute Gasteiger partial charge is 0.371 e. The lowest BCUT2D eigenvalue weighted by Crippen LogP contribution is -2.34. The lowest BCUT2D eigenvalue weighted by molar-refractivity contribution is 0.0661. The first kappa shape index (κ1) is 15.7. The molecule has 0 amide bonds. The summed E-state index contributed by atoms with van der Waals surface area (Å²) in [6, 6.07) is 0.993. The van der Waals surface area contributed by atoms with E-state index >= 15 is 0 Å². The average molecular weight is 291 g/mol. The lowest BCUT2D eigenvalue weighted by atomic mass is 10.4. The minimum atomic E-state index is -3.85. The molecule has 108 valence electrons. The zero-order chi connectivity index (χ0) is 14.6. The molecule has 0 aliphatic carbocycles. The van der Waals surface area contributed by atoms with Gasteiger partial charge in [0.05, 0.1) is 6.61 Å². The second-order valence-corrected chi connectivity index (χ2v) is 5.87. The maximum atomic E-state index is 12.3. The molecular weight excluding hydrogens is 274 g/mol. The molecule has 0 aliphatic rings. The molecule has 0 fully saturated rings. The van der Waals surface area contributed by atoms with Crippen molar-refractivity contribution < 1.29 is 27.8 Å². The predicted octanol–water partition coefficient (Wildman–Crippen LogP) is 0.679. The molecule has 7 nitrogen and oxygen atoms in total. The first-order valence-electron chi connectivity index (χ1n) is 5.79. The van der Waals surface area contributed by atoms with Gasteiger partial charge in [-0.3, -0.25) is 0 Å². The summed E-state index contributed by atoms with van der Waals surface area (Å²) < 4.78 is 30.7. The highest BCUT2D eigenvalue weighted by Gasteiger charge is 2.29. The Morgan fingerprint density at radius 2 is 2.05 bits per heavy atom. The van der Waals surface area contributed by atoms with E-state index in [2.05, 4.69) is 0 Å². The van der Waals surface area contributed by atoms with E-state index in [4.69, 9.17) is 14.6 Å². The van der Waals surface area contributed by atoms with Crippen LogP contribution in [-0.2, 0) is 10.0 Å². The molecule has 0 saturated heterocycles. The highest BCUT2D eigenvalue weighted by atomic mass is 32.2. The van der Waals surface area contributed by atoms with Crippen molar-refractivity contribution in [3.63, 3.8) is 0 Å². The van der Waals surface area contributed by atoms with Crippen molar-refractivity contribution >= 4 is 16.0 Å². The number of aliphatic hydroxyl groups is 1. The summed E-state index contributed by atoms with van der Waals surface area (Å²) >= 11 is 0. The molecule has 2 N–H and O–H groups in total. The normalized spacial score (nSPS) is 12.0. The molecule has 19 heavy (non-hydrogen) atoms. The standard InChI is InChI=1S/C11H17NO6S/c1-3-4-12(5-6-13)19(16,17)10-7-9(11(14)15)18-8(10)2/h7,13H,3-6H2,1-2H3,(H,14,15). The highest BCUT2D eigenvalue weighted by Crippen LogP contribution is 2.23. The fourth-order valence-electron chi connectivity index (χ4n) is 1.68. The van der Waals surface area contributed by atoms with Gasteiger partial charge in [0.25, 0.3) is 0 Å². The van der Waals surface area contributed by atoms with Crippen LogP contribution in [0.5, 0.6) is 0 Å². The second-order valence-electron chi connectivity index (χ2n) is 3.96. The number of carboxylic acids is 1. The van der Waals surface area contributed by atoms with Crippen molar-refractivity contribution in [3.05, 3.63) is 17.6 Å². The van der Waals surface area contributed by atoms with Crippen LogP contribution in [0.4, 0.5) is 0 Å². The van der Waals surface area contributed by atoms with Crippen LogP contribution >= 0.6 is 0 Å². The quantitative estimate of drug-likeness (QED) is 0.764. The highest BCUT2D eigenvalue weighted by molar-refractivity contribution is 7.89. The Morgan fingerprint density at radius 1 is 1.42 bits per heavy atom. The molecule has 1 rings (SSSR count). The Labute approximate surface area is 111 Å². The number of carbonyl (C=O) groups is 1. The van der Waals surface area contributed by atoms with Crippen molar-refractivity contribution in [2.75, 3.05) is 19.7 Å². The molecule has 0 radical (unpaired) electrons. The summed E-state index contributed by atoms with van der Waals surface area (Å²) in [7, 11) is -3.85. The topological polar surface area (TPSA) is 108 Å². The van der Waals surface area contributed by atoms with Crippen LogP contribution in [0.3, 0.4) is 0 Å². The van der Waals surface area contributed by atoms with Crippen molar-refractivity contribution in [2.45, 2.75) is 25.2 Å². The molecule has 1 aromatic rings. The molecule has 0 saturated carbocycles. The van der Waals surface area contributed by atoms with Crippen molar-refractivity contribution in [1.29, 1.82) is 0 Å². The number of hydrogen-bond donors (Lipinski definition) is 2. The average Bonchev–Trinajstić information content (AvgIpc) is 2.72. The van der Waals surface area contributed by atoms with Gasteiger partial charge in [-0.1, -0.05) is 6.92 Å². The SMILES string of the molecule is CCCN(CCO)S(=O)(=O)c1cc(C(=O)O)oc1C. The number of hydrogen-bond acceptors (Lipinski definition) is 5. The zero-order valence-electron chi connectivity index (χ0n) is 10.8. The van der Waals surface area contributed by atoms with E-state index < -0.39 is 21.8 Å². The Morgan fingerprint density at radius 3 is 2.47 bits per heavy atom. The summed E-state index contributed by atoms with van der Waals surface area (Å²) in [5.41, 5.74) is 0. The molecule has 0 atom stereocenters. The number of furan rings is 1. The van der Waals surface area contributed by atoms with Gasteiger partial charge in [-0.25, -0.2) is 13.2 Å². The number of aromatic carboxylic acids is 1. The van der Waals surface area contributed by atoms with E-state index in [0.29, 0.717) is 6.42 Å². The van der Waals surface area contributed by atoms with Gasteiger partial charge in [0.15, 0.2) is 0 Å². The third-order valence-electron chi connectivity index (χ3n) is 2.52. The van der Waals surface area contributed by atoms with Crippen LogP contribution in [0, 0.1) is 6.92 Å². The first-order chi connectivity index (χ1) is 8.84. The third kappa shape index (κ3) is 3.34. The predicted molar refractivity (Wildman–Crippen MR) is 66.5 cm³/mol. The van der Waals surface area contributed by atoms with E-state index in [1.807, 2.05) is 6.92 Å². The Bertz CT molecular complexity index is 542. The molecule has 0 aromatic carbocycles. The lowest BCUT2D eigenvalue weighted by Gasteiger charge is -2.19. The number of nitrogens with zero attached hydrogens (tertiary/aromatic N) is 1. The molecule has 0 bridgehead atoms. The Hall–Kier alpha value is -1.38. The number of carboxylic acid groups (broad SMARTS) is 1. The fourth-order valence-corrected chi connectivity index (χ4v) is 3.36. The number of aliphatic hydroxyl groups excluding tert-OH is 1. The van der Waals surface area contributed by atoms with E-state index in [-0.39, 0.29) is 30.4 Å². The van der Waals surface area contributed by atoms with Crippen molar-refractivity contribution in [2.24, 2.45) is 0 Å². The Balaban J connectivity index is 3.20. The van der Waals surface area contributed by atoms with E-state index in [0.717, 1.165) is 10.4 Å². The molecule has 0 unspecified atom stereocenters. The largest absolute Gasteiger partial charge is 0.475 e. The monoisotopic (exact) mass is 291 g/mol. The van der Waals surface area contributed by atoms with Crippen LogP contribution in [0.25, 0.3) is 0 Å². The molecule has 1 aromatic heterocycles. The zero-order valence-corrected chi connectivity index (χ0v) is 11.6. The van der Waals surface area contributed by atoms with Gasteiger partial charge in [-0.2, -0.15) is 4.31 Å². The van der Waals surface area contributed by atoms with Crippen LogP contribution in [0.15, 0.2) is 15.4 Å². The fraction of sp³-hybridized carbons (Fsp3) is 0.545. The molecule has 0 aliphatic heterocycles. The van der Waals surface area contributed by atoms with Crippen LogP contribution in [0.2, 0.25) is 0 Å². The van der Waals surface area contributed by atoms with Crippen LogP contribution in [-0.4, -0.2) is 48.6 Å². The number of sulfonamides is 1. The van der Waals surface area contributed by atoms with Gasteiger partial charge in [-0.05, 0) is 13.3 Å².